The number of rotatable bonds is 2. The first-order chi connectivity index (χ1) is 8.49. The summed E-state index contributed by atoms with van der Waals surface area (Å²) in [6.07, 6.45) is 0. The van der Waals surface area contributed by atoms with Crippen LogP contribution in [0.1, 0.15) is 0 Å². The van der Waals surface area contributed by atoms with Gasteiger partial charge in [0.25, 0.3) is 5.69 Å². The number of nitrogens with two attached hydrogens (primary N) is 1. The molecule has 1 aromatic carbocycles. The van der Waals surface area contributed by atoms with Gasteiger partial charge in [-0.2, -0.15) is 0 Å². The van der Waals surface area contributed by atoms with Gasteiger partial charge in [-0.1, -0.05) is 0 Å². The van der Waals surface area contributed by atoms with Gasteiger partial charge in [-0.05, 0) is 19.2 Å². The van der Waals surface area contributed by atoms with Crippen molar-refractivity contribution in [2.45, 2.75) is 0 Å². The SMILES string of the molecule is CN1CCN(c2ccc([N+](=O)[O-])c(N)c2)C(=O)C1. The lowest BCUT2D eigenvalue weighted by atomic mass is 10.2. The summed E-state index contributed by atoms with van der Waals surface area (Å²) in [6.45, 7) is 1.67. The molecule has 0 unspecified atom stereocenters. The summed E-state index contributed by atoms with van der Waals surface area (Å²) in [4.78, 5) is 25.5. The fourth-order valence-corrected chi connectivity index (χ4v) is 1.94. The summed E-state index contributed by atoms with van der Waals surface area (Å²) in [7, 11) is 1.87. The Morgan fingerprint density at radius 3 is 2.67 bits per heavy atom. The van der Waals surface area contributed by atoms with E-state index in [9.17, 15) is 14.9 Å². The number of nitro benzene ring substituents is 1. The van der Waals surface area contributed by atoms with Crippen LogP contribution in [0.5, 0.6) is 0 Å². The highest BCUT2D eigenvalue weighted by molar-refractivity contribution is 5.96. The number of likely N-dealkylation sites (N-methyl/N-ethyl adjacent to an activating group) is 1. The Bertz CT molecular complexity index is 503. The van der Waals surface area contributed by atoms with Gasteiger partial charge in [0, 0.05) is 24.8 Å². The molecule has 2 N–H and O–H groups in total. The van der Waals surface area contributed by atoms with Gasteiger partial charge in [-0.3, -0.25) is 19.8 Å². The average molecular weight is 250 g/mol. The topological polar surface area (TPSA) is 92.7 Å². The van der Waals surface area contributed by atoms with Gasteiger partial charge < -0.3 is 10.6 Å². The number of nitrogens with zero attached hydrogens (tertiary/aromatic N) is 3. The van der Waals surface area contributed by atoms with Gasteiger partial charge in [-0.15, -0.1) is 0 Å². The third kappa shape index (κ3) is 2.25. The highest BCUT2D eigenvalue weighted by Gasteiger charge is 2.24. The van der Waals surface area contributed by atoms with Crippen LogP contribution in [0.25, 0.3) is 0 Å². The molecule has 2 rings (SSSR count). The van der Waals surface area contributed by atoms with Crippen molar-refractivity contribution >= 4 is 23.0 Å². The molecule has 0 aromatic heterocycles. The molecule has 18 heavy (non-hydrogen) atoms. The number of carbonyl (C=O) groups is 1. The molecule has 0 aliphatic carbocycles. The molecule has 0 bridgehead atoms. The van der Waals surface area contributed by atoms with E-state index in [2.05, 4.69) is 0 Å². The van der Waals surface area contributed by atoms with Gasteiger partial charge in [-0.25, -0.2) is 0 Å². The van der Waals surface area contributed by atoms with Crippen LogP contribution in [0.15, 0.2) is 18.2 Å². The Hall–Kier alpha value is -2.15. The van der Waals surface area contributed by atoms with Crippen molar-refractivity contribution in [3.05, 3.63) is 28.3 Å². The number of nitro groups is 1. The molecule has 0 saturated carbocycles. The molecule has 1 saturated heterocycles. The maximum atomic E-state index is 11.8. The second-order valence-corrected chi connectivity index (χ2v) is 4.28. The van der Waals surface area contributed by atoms with Crippen molar-refractivity contribution in [1.82, 2.24) is 4.90 Å². The van der Waals surface area contributed by atoms with Crippen molar-refractivity contribution in [2.75, 3.05) is 37.3 Å². The van der Waals surface area contributed by atoms with E-state index in [0.29, 0.717) is 18.8 Å². The molecule has 1 amide bonds. The zero-order valence-corrected chi connectivity index (χ0v) is 10.00. The number of anilines is 2. The Labute approximate surface area is 104 Å². The first kappa shape index (κ1) is 12.3. The summed E-state index contributed by atoms with van der Waals surface area (Å²) in [5.74, 6) is -0.0306. The standard InChI is InChI=1S/C11H14N4O3/c1-13-4-5-14(11(16)7-13)8-2-3-10(15(17)18)9(12)6-8/h2-3,6H,4-5,7,12H2,1H3. The van der Waals surface area contributed by atoms with Crippen LogP contribution in [0.3, 0.4) is 0 Å². The van der Waals surface area contributed by atoms with Crippen molar-refractivity contribution < 1.29 is 9.72 Å². The molecule has 1 aromatic rings. The fraction of sp³-hybridized carbons (Fsp3) is 0.364. The average Bonchev–Trinajstić information content (AvgIpc) is 2.28. The van der Waals surface area contributed by atoms with Gasteiger partial charge in [0.1, 0.15) is 5.69 Å². The Balaban J connectivity index is 2.27. The molecule has 1 aliphatic rings. The third-order valence-corrected chi connectivity index (χ3v) is 2.93. The maximum absolute atomic E-state index is 11.8. The highest BCUT2D eigenvalue weighted by atomic mass is 16.6. The quantitative estimate of drug-likeness (QED) is 0.467. The molecule has 0 spiro atoms. The number of amides is 1. The third-order valence-electron chi connectivity index (χ3n) is 2.93. The number of carbonyl (C=O) groups excluding carboxylic acids is 1. The molecular weight excluding hydrogens is 236 g/mol. The highest BCUT2D eigenvalue weighted by Crippen LogP contribution is 2.27. The second kappa shape index (κ2) is 4.61. The summed E-state index contributed by atoms with van der Waals surface area (Å²) in [5.41, 5.74) is 6.15. The minimum absolute atomic E-state index is 0.0306. The predicted octanol–water partition coefficient (Wildman–Crippen LogP) is 0.455. The van der Waals surface area contributed by atoms with Crippen LogP contribution in [0.2, 0.25) is 0 Å². The van der Waals surface area contributed by atoms with Crippen LogP contribution in [0, 0.1) is 10.1 Å². The first-order valence-electron chi connectivity index (χ1n) is 5.52. The summed E-state index contributed by atoms with van der Waals surface area (Å²) in [6, 6.07) is 4.36. The normalized spacial score (nSPS) is 16.9. The molecule has 7 heteroatoms. The monoisotopic (exact) mass is 250 g/mol. The summed E-state index contributed by atoms with van der Waals surface area (Å²) in [5, 5.41) is 10.7. The predicted molar refractivity (Wildman–Crippen MR) is 67.4 cm³/mol. The van der Waals surface area contributed by atoms with E-state index in [1.54, 1.807) is 11.0 Å². The smallest absolute Gasteiger partial charge is 0.292 e. The number of benzene rings is 1. The van der Waals surface area contributed by atoms with Crippen molar-refractivity contribution in [1.29, 1.82) is 0 Å². The number of piperazine rings is 1. The van der Waals surface area contributed by atoms with Crippen molar-refractivity contribution in [2.24, 2.45) is 0 Å². The minimum atomic E-state index is -0.537. The molecule has 7 nitrogen and oxygen atoms in total. The molecule has 0 atom stereocenters. The van der Waals surface area contributed by atoms with Crippen LogP contribution < -0.4 is 10.6 Å². The maximum Gasteiger partial charge on any atom is 0.292 e. The van der Waals surface area contributed by atoms with E-state index in [0.717, 1.165) is 6.54 Å². The Morgan fingerprint density at radius 1 is 1.39 bits per heavy atom. The van der Waals surface area contributed by atoms with E-state index < -0.39 is 4.92 Å². The lowest BCUT2D eigenvalue weighted by Gasteiger charge is -2.32. The van der Waals surface area contributed by atoms with Gasteiger partial charge >= 0.3 is 0 Å². The lowest BCUT2D eigenvalue weighted by Crippen LogP contribution is -2.48. The Kier molecular flexibility index (Phi) is 3.15. The lowest BCUT2D eigenvalue weighted by molar-refractivity contribution is -0.383. The van der Waals surface area contributed by atoms with Crippen molar-refractivity contribution in [3.63, 3.8) is 0 Å². The molecular formula is C11H14N4O3. The summed E-state index contributed by atoms with van der Waals surface area (Å²) < 4.78 is 0. The van der Waals surface area contributed by atoms with E-state index in [1.807, 2.05) is 11.9 Å². The van der Waals surface area contributed by atoms with Gasteiger partial charge in [0.15, 0.2) is 0 Å². The van der Waals surface area contributed by atoms with Crippen LogP contribution >= 0.6 is 0 Å². The minimum Gasteiger partial charge on any atom is -0.393 e. The Morgan fingerprint density at radius 2 is 2.11 bits per heavy atom. The van der Waals surface area contributed by atoms with Crippen molar-refractivity contribution in [3.8, 4) is 0 Å². The largest absolute Gasteiger partial charge is 0.393 e. The second-order valence-electron chi connectivity index (χ2n) is 4.28. The molecule has 96 valence electrons. The van der Waals surface area contributed by atoms with E-state index in [-0.39, 0.29) is 17.3 Å². The van der Waals surface area contributed by atoms with E-state index >= 15 is 0 Å². The van der Waals surface area contributed by atoms with E-state index in [1.165, 1.54) is 12.1 Å². The molecule has 1 fully saturated rings. The number of hydrogen-bond donors (Lipinski definition) is 1. The molecule has 0 radical (unpaired) electrons. The number of hydrogen-bond acceptors (Lipinski definition) is 5. The zero-order chi connectivity index (χ0) is 13.3. The van der Waals surface area contributed by atoms with Crippen LogP contribution in [0.4, 0.5) is 17.1 Å². The number of nitrogen functional groups attached to an aromatic ring is 1. The van der Waals surface area contributed by atoms with Crippen LogP contribution in [-0.2, 0) is 4.79 Å². The molecule has 1 aliphatic heterocycles. The van der Waals surface area contributed by atoms with Gasteiger partial charge in [0.2, 0.25) is 5.91 Å². The molecule has 1 heterocycles. The zero-order valence-electron chi connectivity index (χ0n) is 10.00. The fourth-order valence-electron chi connectivity index (χ4n) is 1.94. The van der Waals surface area contributed by atoms with Crippen LogP contribution in [-0.4, -0.2) is 42.4 Å². The van der Waals surface area contributed by atoms with E-state index in [4.69, 9.17) is 5.73 Å². The first-order valence-corrected chi connectivity index (χ1v) is 5.52. The summed E-state index contributed by atoms with van der Waals surface area (Å²) >= 11 is 0. The van der Waals surface area contributed by atoms with Gasteiger partial charge in [0.05, 0.1) is 11.5 Å².